The molecule has 5 nitrogen and oxygen atoms in total. The van der Waals surface area contributed by atoms with Crippen molar-refractivity contribution in [3.8, 4) is 5.75 Å². The third-order valence-electron chi connectivity index (χ3n) is 4.23. The molecule has 2 aromatic rings. The Labute approximate surface area is 151 Å². The second-order valence-electron chi connectivity index (χ2n) is 5.87. The maximum Gasteiger partial charge on any atom is 0.341 e. The SMILES string of the molecule is CC[C@@H](Oc1ccccc1)C(=O)Nc1sc2c(c1C(=O)OC)CCC2. The van der Waals surface area contributed by atoms with Crippen molar-refractivity contribution >= 4 is 28.2 Å². The number of amides is 1. The molecule has 1 aliphatic carbocycles. The van der Waals surface area contributed by atoms with Crippen molar-refractivity contribution in [2.24, 2.45) is 0 Å². The first-order valence-electron chi connectivity index (χ1n) is 8.39. The second kappa shape index (κ2) is 7.70. The molecule has 0 spiro atoms. The Morgan fingerprint density at radius 2 is 2.00 bits per heavy atom. The third-order valence-corrected chi connectivity index (χ3v) is 5.44. The van der Waals surface area contributed by atoms with Crippen molar-refractivity contribution in [2.75, 3.05) is 12.4 Å². The first-order valence-corrected chi connectivity index (χ1v) is 9.21. The van der Waals surface area contributed by atoms with Gasteiger partial charge < -0.3 is 14.8 Å². The van der Waals surface area contributed by atoms with E-state index < -0.39 is 12.1 Å². The van der Waals surface area contributed by atoms with Gasteiger partial charge in [-0.2, -0.15) is 0 Å². The van der Waals surface area contributed by atoms with E-state index in [-0.39, 0.29) is 5.91 Å². The summed E-state index contributed by atoms with van der Waals surface area (Å²) >= 11 is 1.47. The van der Waals surface area contributed by atoms with Crippen LogP contribution in [0, 0.1) is 0 Å². The molecule has 0 aliphatic heterocycles. The summed E-state index contributed by atoms with van der Waals surface area (Å²) in [6, 6.07) is 9.24. The van der Waals surface area contributed by atoms with Crippen molar-refractivity contribution in [3.63, 3.8) is 0 Å². The summed E-state index contributed by atoms with van der Waals surface area (Å²) in [5, 5.41) is 3.45. The van der Waals surface area contributed by atoms with Crippen LogP contribution in [0.1, 0.15) is 40.6 Å². The van der Waals surface area contributed by atoms with Gasteiger partial charge in [-0.3, -0.25) is 4.79 Å². The minimum atomic E-state index is -0.621. The highest BCUT2D eigenvalue weighted by Crippen LogP contribution is 2.39. The van der Waals surface area contributed by atoms with Gasteiger partial charge in [-0.05, 0) is 43.4 Å². The van der Waals surface area contributed by atoms with E-state index >= 15 is 0 Å². The number of nitrogens with one attached hydrogen (secondary N) is 1. The van der Waals surface area contributed by atoms with Crippen molar-refractivity contribution in [1.82, 2.24) is 0 Å². The van der Waals surface area contributed by atoms with Crippen LogP contribution in [-0.4, -0.2) is 25.1 Å². The predicted octanol–water partition coefficient (Wildman–Crippen LogP) is 3.82. The number of carbonyl (C=O) groups is 2. The van der Waals surface area contributed by atoms with E-state index in [4.69, 9.17) is 9.47 Å². The lowest BCUT2D eigenvalue weighted by Crippen LogP contribution is -2.32. The van der Waals surface area contributed by atoms with E-state index in [1.807, 2.05) is 37.3 Å². The molecule has 1 amide bonds. The fourth-order valence-electron chi connectivity index (χ4n) is 2.99. The summed E-state index contributed by atoms with van der Waals surface area (Å²) in [6.07, 6.45) is 2.74. The molecule has 1 atom stereocenters. The van der Waals surface area contributed by atoms with Crippen LogP contribution in [0.15, 0.2) is 30.3 Å². The Bertz CT molecular complexity index is 769. The smallest absolute Gasteiger partial charge is 0.341 e. The van der Waals surface area contributed by atoms with E-state index in [1.54, 1.807) is 0 Å². The lowest BCUT2D eigenvalue weighted by Gasteiger charge is -2.17. The normalized spacial score (nSPS) is 13.8. The average molecular weight is 359 g/mol. The number of rotatable bonds is 6. The molecular formula is C19H21NO4S. The molecule has 132 valence electrons. The number of benzene rings is 1. The van der Waals surface area contributed by atoms with Gasteiger partial charge in [0, 0.05) is 4.88 Å². The molecule has 0 unspecified atom stereocenters. The largest absolute Gasteiger partial charge is 0.481 e. The van der Waals surface area contributed by atoms with E-state index in [0.29, 0.717) is 22.7 Å². The van der Waals surface area contributed by atoms with Crippen LogP contribution in [0.25, 0.3) is 0 Å². The predicted molar refractivity (Wildman–Crippen MR) is 97.5 cm³/mol. The van der Waals surface area contributed by atoms with Crippen molar-refractivity contribution < 1.29 is 19.1 Å². The standard InChI is InChI=1S/C19H21NO4S/c1-3-14(24-12-8-5-4-6-9-12)17(21)20-18-16(19(22)23-2)13-10-7-11-15(13)25-18/h4-6,8-9,14H,3,7,10-11H2,1-2H3,(H,20,21)/t14-/m1/s1. The number of aryl methyl sites for hydroxylation is 1. The molecule has 6 heteroatoms. The number of hydrogen-bond donors (Lipinski definition) is 1. The highest BCUT2D eigenvalue weighted by molar-refractivity contribution is 7.17. The number of hydrogen-bond acceptors (Lipinski definition) is 5. The van der Waals surface area contributed by atoms with Crippen LogP contribution >= 0.6 is 11.3 Å². The molecule has 1 aromatic carbocycles. The van der Waals surface area contributed by atoms with Crippen LogP contribution in [0.2, 0.25) is 0 Å². The van der Waals surface area contributed by atoms with Gasteiger partial charge in [-0.25, -0.2) is 4.79 Å². The number of thiophene rings is 1. The quantitative estimate of drug-likeness (QED) is 0.797. The molecule has 0 fully saturated rings. The molecular weight excluding hydrogens is 338 g/mol. The van der Waals surface area contributed by atoms with Crippen molar-refractivity contribution in [2.45, 2.75) is 38.7 Å². The summed E-state index contributed by atoms with van der Waals surface area (Å²) < 4.78 is 10.7. The van der Waals surface area contributed by atoms with Crippen LogP contribution in [0.4, 0.5) is 5.00 Å². The van der Waals surface area contributed by atoms with E-state index in [0.717, 1.165) is 29.7 Å². The molecule has 0 saturated heterocycles. The van der Waals surface area contributed by atoms with Gasteiger partial charge in [0.1, 0.15) is 10.8 Å². The van der Waals surface area contributed by atoms with Gasteiger partial charge in [0.25, 0.3) is 5.91 Å². The second-order valence-corrected chi connectivity index (χ2v) is 6.98. The number of para-hydroxylation sites is 1. The molecule has 1 heterocycles. The average Bonchev–Trinajstić information content (AvgIpc) is 3.20. The third kappa shape index (κ3) is 3.69. The Morgan fingerprint density at radius 3 is 2.68 bits per heavy atom. The number of ether oxygens (including phenoxy) is 2. The topological polar surface area (TPSA) is 64.6 Å². The summed E-state index contributed by atoms with van der Waals surface area (Å²) in [4.78, 5) is 26.0. The molecule has 0 saturated carbocycles. The lowest BCUT2D eigenvalue weighted by atomic mass is 10.1. The minimum absolute atomic E-state index is 0.253. The van der Waals surface area contributed by atoms with E-state index in [9.17, 15) is 9.59 Å². The number of methoxy groups -OCH3 is 1. The lowest BCUT2D eigenvalue weighted by molar-refractivity contribution is -0.122. The first kappa shape index (κ1) is 17.5. The Balaban J connectivity index is 1.79. The maximum atomic E-state index is 12.7. The fraction of sp³-hybridized carbons (Fsp3) is 0.368. The fourth-order valence-corrected chi connectivity index (χ4v) is 4.27. The summed E-state index contributed by atoms with van der Waals surface area (Å²) in [6.45, 7) is 1.89. The van der Waals surface area contributed by atoms with Crippen LogP contribution in [0.5, 0.6) is 5.75 Å². The van der Waals surface area contributed by atoms with E-state index in [1.165, 1.54) is 18.4 Å². The van der Waals surface area contributed by atoms with Gasteiger partial charge in [-0.1, -0.05) is 25.1 Å². The zero-order valence-corrected chi connectivity index (χ0v) is 15.2. The van der Waals surface area contributed by atoms with Gasteiger partial charge in [0.2, 0.25) is 0 Å². The maximum absolute atomic E-state index is 12.7. The van der Waals surface area contributed by atoms with Crippen LogP contribution in [0.3, 0.4) is 0 Å². The Morgan fingerprint density at radius 1 is 1.24 bits per heavy atom. The molecule has 1 N–H and O–H groups in total. The number of carbonyl (C=O) groups excluding carboxylic acids is 2. The van der Waals surface area contributed by atoms with Gasteiger partial charge in [0.05, 0.1) is 12.7 Å². The highest BCUT2D eigenvalue weighted by atomic mass is 32.1. The minimum Gasteiger partial charge on any atom is -0.481 e. The molecule has 25 heavy (non-hydrogen) atoms. The van der Waals surface area contributed by atoms with Crippen molar-refractivity contribution in [3.05, 3.63) is 46.3 Å². The zero-order valence-electron chi connectivity index (χ0n) is 14.3. The Kier molecular flexibility index (Phi) is 5.38. The van der Waals surface area contributed by atoms with E-state index in [2.05, 4.69) is 5.32 Å². The number of fused-ring (bicyclic) bond motifs is 1. The number of esters is 1. The molecule has 0 bridgehead atoms. The molecule has 3 rings (SSSR count). The van der Waals surface area contributed by atoms with Gasteiger partial charge >= 0.3 is 5.97 Å². The highest BCUT2D eigenvalue weighted by Gasteiger charge is 2.29. The number of anilines is 1. The van der Waals surface area contributed by atoms with Crippen molar-refractivity contribution in [1.29, 1.82) is 0 Å². The summed E-state index contributed by atoms with van der Waals surface area (Å²) in [5.74, 6) is -0.00507. The Hall–Kier alpha value is -2.34. The molecule has 1 aromatic heterocycles. The van der Waals surface area contributed by atoms with Gasteiger partial charge in [-0.15, -0.1) is 11.3 Å². The molecule has 0 radical (unpaired) electrons. The molecule has 1 aliphatic rings. The van der Waals surface area contributed by atoms with Crippen LogP contribution in [-0.2, 0) is 22.4 Å². The van der Waals surface area contributed by atoms with Gasteiger partial charge in [0.15, 0.2) is 6.10 Å². The summed E-state index contributed by atoms with van der Waals surface area (Å²) in [7, 11) is 1.36. The monoisotopic (exact) mass is 359 g/mol. The summed E-state index contributed by atoms with van der Waals surface area (Å²) in [5.41, 5.74) is 1.52. The van der Waals surface area contributed by atoms with Crippen LogP contribution < -0.4 is 10.1 Å². The first-order chi connectivity index (χ1) is 12.1. The zero-order chi connectivity index (χ0) is 17.8.